The summed E-state index contributed by atoms with van der Waals surface area (Å²) in [4.78, 5) is 45.5. The number of carboxylic acids is 1. The van der Waals surface area contributed by atoms with Crippen molar-refractivity contribution in [3.8, 4) is 0 Å². The summed E-state index contributed by atoms with van der Waals surface area (Å²) in [7, 11) is -4.73. The molecular formula is C38H68NO10P. The molecule has 0 bridgehead atoms. The maximum Gasteiger partial charge on any atom is 0.472 e. The summed E-state index contributed by atoms with van der Waals surface area (Å²) in [5.41, 5.74) is 5.30. The summed E-state index contributed by atoms with van der Waals surface area (Å²) in [5.74, 6) is -2.66. The highest BCUT2D eigenvalue weighted by Gasteiger charge is 2.28. The molecule has 0 saturated heterocycles. The van der Waals surface area contributed by atoms with Gasteiger partial charge >= 0.3 is 25.7 Å². The fourth-order valence-corrected chi connectivity index (χ4v) is 5.68. The minimum atomic E-state index is -4.73. The first-order valence-electron chi connectivity index (χ1n) is 19.1. The number of carbonyl (C=O) groups excluding carboxylic acids is 2. The largest absolute Gasteiger partial charge is 0.480 e. The number of carboxylic acid groups (broad SMARTS) is 1. The Kier molecular flexibility index (Phi) is 32.3. The monoisotopic (exact) mass is 729 g/mol. The molecule has 0 aliphatic carbocycles. The summed E-state index contributed by atoms with van der Waals surface area (Å²) in [6.45, 7) is 2.61. The van der Waals surface area contributed by atoms with Crippen molar-refractivity contribution in [2.45, 2.75) is 167 Å². The molecule has 0 aromatic heterocycles. The van der Waals surface area contributed by atoms with E-state index < -0.39 is 57.7 Å². The Morgan fingerprint density at radius 3 is 1.74 bits per heavy atom. The van der Waals surface area contributed by atoms with Crippen LogP contribution in [0.2, 0.25) is 0 Å². The molecule has 0 rings (SSSR count). The van der Waals surface area contributed by atoms with Crippen LogP contribution >= 0.6 is 7.82 Å². The van der Waals surface area contributed by atoms with Gasteiger partial charge in [0, 0.05) is 12.5 Å². The van der Waals surface area contributed by atoms with Crippen LogP contribution in [-0.4, -0.2) is 59.9 Å². The van der Waals surface area contributed by atoms with Gasteiger partial charge in [0.2, 0.25) is 0 Å². The lowest BCUT2D eigenvalue weighted by molar-refractivity contribution is -0.159. The fourth-order valence-electron chi connectivity index (χ4n) is 4.90. The first-order valence-corrected chi connectivity index (χ1v) is 20.6. The van der Waals surface area contributed by atoms with Gasteiger partial charge in [-0.2, -0.15) is 0 Å². The smallest absolute Gasteiger partial charge is 0.472 e. The molecular weight excluding hydrogens is 661 g/mol. The third-order valence-corrected chi connectivity index (χ3v) is 8.91. The standard InChI is InChI=1S/C38H68NO10P/c1-3-5-7-9-11-13-15-16-17-18-20-21-23-25-27-29-36(40)46-31-34(32-47-50(44,45)48-33-35(39)38(42)43)49-37(41)30-28-26-24-22-19-14-12-10-8-6-4-2/h10,12,23,25,27,29,34-35H,3-9,11,13-22,24,26,28,30-33,39H2,1-2H3,(H,42,43)(H,44,45)/b12-10+,25-23+,29-27+/t34-,35+/m1/s1. The number of phosphoric acid groups is 1. The number of nitrogens with two attached hydrogens (primary N) is 1. The molecule has 12 heteroatoms. The van der Waals surface area contributed by atoms with Crippen LogP contribution < -0.4 is 5.73 Å². The van der Waals surface area contributed by atoms with Crippen LogP contribution in [-0.2, 0) is 37.5 Å². The molecule has 4 N–H and O–H groups in total. The van der Waals surface area contributed by atoms with E-state index in [1.807, 2.05) is 6.08 Å². The van der Waals surface area contributed by atoms with Gasteiger partial charge in [0.25, 0.3) is 0 Å². The van der Waals surface area contributed by atoms with Crippen LogP contribution in [0, 0.1) is 0 Å². The average molecular weight is 730 g/mol. The Bertz CT molecular complexity index is 1000. The van der Waals surface area contributed by atoms with Crippen LogP contribution in [0.4, 0.5) is 0 Å². The van der Waals surface area contributed by atoms with E-state index in [0.717, 1.165) is 51.4 Å². The van der Waals surface area contributed by atoms with E-state index in [9.17, 15) is 23.8 Å². The fraction of sp³-hybridized carbons (Fsp3) is 0.763. The molecule has 290 valence electrons. The predicted octanol–water partition coefficient (Wildman–Crippen LogP) is 9.28. The van der Waals surface area contributed by atoms with Crippen LogP contribution in [0.1, 0.15) is 155 Å². The molecule has 50 heavy (non-hydrogen) atoms. The molecule has 0 aromatic rings. The lowest BCUT2D eigenvalue weighted by Crippen LogP contribution is -2.34. The number of esters is 2. The summed E-state index contributed by atoms with van der Waals surface area (Å²) in [6, 6.07) is -1.53. The Morgan fingerprint density at radius 2 is 1.16 bits per heavy atom. The van der Waals surface area contributed by atoms with Gasteiger partial charge in [-0.15, -0.1) is 0 Å². The van der Waals surface area contributed by atoms with Crippen molar-refractivity contribution in [2.24, 2.45) is 5.73 Å². The van der Waals surface area contributed by atoms with Gasteiger partial charge in [-0.25, -0.2) is 9.36 Å². The summed E-state index contributed by atoms with van der Waals surface area (Å²) < 4.78 is 32.3. The molecule has 0 radical (unpaired) electrons. The molecule has 11 nitrogen and oxygen atoms in total. The zero-order valence-electron chi connectivity index (χ0n) is 31.0. The van der Waals surface area contributed by atoms with Gasteiger partial charge in [-0.3, -0.25) is 18.6 Å². The third kappa shape index (κ3) is 32.9. The Labute approximate surface area is 302 Å². The number of rotatable bonds is 35. The maximum absolute atomic E-state index is 12.5. The summed E-state index contributed by atoms with van der Waals surface area (Å²) in [5, 5.41) is 8.84. The second kappa shape index (κ2) is 33.8. The number of carbonyl (C=O) groups is 3. The number of allylic oxidation sites excluding steroid dienone is 5. The number of ether oxygens (including phenoxy) is 2. The predicted molar refractivity (Wildman–Crippen MR) is 199 cm³/mol. The lowest BCUT2D eigenvalue weighted by Gasteiger charge is -2.20. The van der Waals surface area contributed by atoms with E-state index in [-0.39, 0.29) is 6.42 Å². The molecule has 3 atom stereocenters. The quantitative estimate of drug-likeness (QED) is 0.0142. The molecule has 0 fully saturated rings. The van der Waals surface area contributed by atoms with Gasteiger partial charge in [-0.05, 0) is 38.5 Å². The molecule has 1 unspecified atom stereocenters. The summed E-state index contributed by atoms with van der Waals surface area (Å²) >= 11 is 0. The van der Waals surface area contributed by atoms with Gasteiger partial charge in [0.1, 0.15) is 12.6 Å². The zero-order valence-corrected chi connectivity index (χ0v) is 31.9. The van der Waals surface area contributed by atoms with Gasteiger partial charge in [0.15, 0.2) is 6.10 Å². The highest BCUT2D eigenvalue weighted by atomic mass is 31.2. The first-order chi connectivity index (χ1) is 24.1. The summed E-state index contributed by atoms with van der Waals surface area (Å²) in [6.07, 6.45) is 34.3. The van der Waals surface area contributed by atoms with E-state index >= 15 is 0 Å². The third-order valence-electron chi connectivity index (χ3n) is 7.96. The first kappa shape index (κ1) is 47.7. The van der Waals surface area contributed by atoms with Crippen LogP contribution in [0.3, 0.4) is 0 Å². The van der Waals surface area contributed by atoms with Crippen molar-refractivity contribution >= 4 is 25.7 Å². The highest BCUT2D eigenvalue weighted by molar-refractivity contribution is 7.47. The van der Waals surface area contributed by atoms with E-state index in [1.54, 1.807) is 12.2 Å². The van der Waals surface area contributed by atoms with Crippen molar-refractivity contribution in [3.05, 3.63) is 36.5 Å². The van der Waals surface area contributed by atoms with Crippen LogP contribution in [0.15, 0.2) is 36.5 Å². The van der Waals surface area contributed by atoms with Crippen molar-refractivity contribution in [3.63, 3.8) is 0 Å². The molecule has 0 heterocycles. The molecule has 0 saturated carbocycles. The minimum Gasteiger partial charge on any atom is -0.480 e. The van der Waals surface area contributed by atoms with Crippen LogP contribution in [0.5, 0.6) is 0 Å². The van der Waals surface area contributed by atoms with Crippen molar-refractivity contribution in [1.82, 2.24) is 0 Å². The number of hydrogen-bond donors (Lipinski definition) is 3. The zero-order chi connectivity index (χ0) is 37.1. The molecule has 0 aliphatic heterocycles. The van der Waals surface area contributed by atoms with E-state index in [1.165, 1.54) is 83.1 Å². The number of hydrogen-bond acceptors (Lipinski definition) is 9. The lowest BCUT2D eigenvalue weighted by atomic mass is 10.1. The van der Waals surface area contributed by atoms with E-state index in [4.69, 9.17) is 24.8 Å². The topological polar surface area (TPSA) is 172 Å². The minimum absolute atomic E-state index is 0.131. The average Bonchev–Trinajstić information content (AvgIpc) is 3.09. The Morgan fingerprint density at radius 1 is 0.660 bits per heavy atom. The molecule has 0 spiro atoms. The SMILES string of the molecule is CCCC/C=C/CCCCCCCC(=O)O[C@H](COC(=O)/C=C/C=C/CCCCCCCCCCCCC)COP(=O)(O)OC[C@H](N)C(=O)O. The normalized spacial score (nSPS) is 14.3. The second-order valence-electron chi connectivity index (χ2n) is 12.8. The van der Waals surface area contributed by atoms with Gasteiger partial charge in [-0.1, -0.05) is 141 Å². The number of unbranched alkanes of at least 4 members (excludes halogenated alkanes) is 18. The Balaban J connectivity index is 4.55. The molecule has 0 aliphatic rings. The van der Waals surface area contributed by atoms with E-state index in [0.29, 0.717) is 6.42 Å². The second-order valence-corrected chi connectivity index (χ2v) is 14.2. The van der Waals surface area contributed by atoms with Crippen molar-refractivity contribution in [2.75, 3.05) is 19.8 Å². The molecule has 0 aromatic carbocycles. The van der Waals surface area contributed by atoms with Crippen molar-refractivity contribution in [1.29, 1.82) is 0 Å². The number of aliphatic carboxylic acids is 1. The number of phosphoric ester groups is 1. The Hall–Kier alpha value is -2.30. The van der Waals surface area contributed by atoms with Gasteiger partial charge < -0.3 is 25.2 Å². The van der Waals surface area contributed by atoms with Crippen molar-refractivity contribution < 1.29 is 47.5 Å². The van der Waals surface area contributed by atoms with Gasteiger partial charge in [0.05, 0.1) is 13.2 Å². The van der Waals surface area contributed by atoms with E-state index in [2.05, 4.69) is 30.5 Å². The maximum atomic E-state index is 12.5. The highest BCUT2D eigenvalue weighted by Crippen LogP contribution is 2.43. The molecule has 0 amide bonds. The van der Waals surface area contributed by atoms with Crippen LogP contribution in [0.25, 0.3) is 0 Å².